The number of methoxy groups -OCH3 is 1. The van der Waals surface area contributed by atoms with Crippen molar-refractivity contribution in [1.82, 2.24) is 0 Å². The maximum Gasteiger partial charge on any atom is 0.309 e. The maximum absolute atomic E-state index is 12.1. The molecule has 1 aliphatic rings. The smallest absolute Gasteiger partial charge is 0.309 e. The fourth-order valence-electron chi connectivity index (χ4n) is 2.13. The largest absolute Gasteiger partial charge is 0.469 e. The molecule has 0 atom stereocenters. The van der Waals surface area contributed by atoms with Gasteiger partial charge in [-0.1, -0.05) is 36.4 Å². The number of rotatable bonds is 4. The Morgan fingerprint density at radius 1 is 1.20 bits per heavy atom. The van der Waals surface area contributed by atoms with E-state index in [2.05, 4.69) is 4.74 Å². The Hall–Kier alpha value is -2.27. The predicted molar refractivity (Wildman–Crippen MR) is 70.4 cm³/mol. The maximum atomic E-state index is 12.1. The lowest BCUT2D eigenvalue weighted by Crippen LogP contribution is -2.40. The third-order valence-corrected chi connectivity index (χ3v) is 3.26. The van der Waals surface area contributed by atoms with Gasteiger partial charge < -0.3 is 9.84 Å². The van der Waals surface area contributed by atoms with Crippen molar-refractivity contribution in [1.29, 1.82) is 0 Å². The molecule has 0 aliphatic heterocycles. The summed E-state index contributed by atoms with van der Waals surface area (Å²) in [6.45, 7) is 0. The SMILES string of the molecule is COC(=O)C/C=C\CC1(O)C(=O)c2ccccc2C1=O. The molecule has 5 nitrogen and oxygen atoms in total. The minimum absolute atomic E-state index is 0.0297. The Balaban J connectivity index is 2.15. The number of Topliss-reactive ketones (excluding diaryl/α,β-unsaturated/α-hetero) is 2. The Labute approximate surface area is 115 Å². The summed E-state index contributed by atoms with van der Waals surface area (Å²) in [4.78, 5) is 35.2. The van der Waals surface area contributed by atoms with E-state index in [-0.39, 0.29) is 24.0 Å². The molecule has 1 aromatic rings. The molecule has 0 aromatic heterocycles. The summed E-state index contributed by atoms with van der Waals surface area (Å²) in [5.74, 6) is -1.62. The van der Waals surface area contributed by atoms with Gasteiger partial charge >= 0.3 is 5.97 Å². The van der Waals surface area contributed by atoms with Crippen molar-refractivity contribution in [2.75, 3.05) is 7.11 Å². The van der Waals surface area contributed by atoms with Crippen LogP contribution in [-0.2, 0) is 9.53 Å². The molecule has 0 bridgehead atoms. The third-order valence-electron chi connectivity index (χ3n) is 3.26. The predicted octanol–water partition coefficient (Wildman–Crippen LogP) is 1.31. The number of carbonyl (C=O) groups excluding carboxylic acids is 3. The molecule has 1 N–H and O–H groups in total. The van der Waals surface area contributed by atoms with Crippen molar-refractivity contribution >= 4 is 17.5 Å². The van der Waals surface area contributed by atoms with Crippen molar-refractivity contribution in [3.05, 3.63) is 47.5 Å². The second-order valence-corrected chi connectivity index (χ2v) is 4.52. The molecule has 20 heavy (non-hydrogen) atoms. The van der Waals surface area contributed by atoms with Gasteiger partial charge in [0.05, 0.1) is 13.5 Å². The van der Waals surface area contributed by atoms with Gasteiger partial charge in [-0.15, -0.1) is 0 Å². The molecule has 0 saturated carbocycles. The Morgan fingerprint density at radius 2 is 1.75 bits per heavy atom. The summed E-state index contributed by atoms with van der Waals surface area (Å²) >= 11 is 0. The number of aliphatic hydroxyl groups is 1. The Morgan fingerprint density at radius 3 is 2.25 bits per heavy atom. The third kappa shape index (κ3) is 2.28. The lowest BCUT2D eigenvalue weighted by Gasteiger charge is -2.16. The second-order valence-electron chi connectivity index (χ2n) is 4.52. The summed E-state index contributed by atoms with van der Waals surface area (Å²) in [6.07, 6.45) is 2.78. The van der Waals surface area contributed by atoms with Gasteiger partial charge in [-0.05, 0) is 0 Å². The van der Waals surface area contributed by atoms with E-state index in [0.29, 0.717) is 0 Å². The summed E-state index contributed by atoms with van der Waals surface area (Å²) in [6, 6.07) is 6.32. The molecule has 2 rings (SSSR count). The van der Waals surface area contributed by atoms with Crippen LogP contribution in [0.2, 0.25) is 0 Å². The van der Waals surface area contributed by atoms with Gasteiger partial charge in [-0.2, -0.15) is 0 Å². The van der Waals surface area contributed by atoms with Crippen molar-refractivity contribution in [2.45, 2.75) is 18.4 Å². The summed E-state index contributed by atoms with van der Waals surface area (Å²) in [5, 5.41) is 10.3. The highest BCUT2D eigenvalue weighted by Gasteiger charge is 2.50. The Kier molecular flexibility index (Phi) is 3.81. The van der Waals surface area contributed by atoms with Gasteiger partial charge in [0.25, 0.3) is 0 Å². The van der Waals surface area contributed by atoms with Gasteiger partial charge in [0.1, 0.15) is 0 Å². The molecule has 0 fully saturated rings. The van der Waals surface area contributed by atoms with Crippen LogP contribution in [0.3, 0.4) is 0 Å². The van der Waals surface area contributed by atoms with Crippen LogP contribution in [0, 0.1) is 0 Å². The highest BCUT2D eigenvalue weighted by Crippen LogP contribution is 2.32. The standard InChI is InChI=1S/C15H14O5/c1-20-12(16)8-4-5-9-15(19)13(17)10-6-2-3-7-11(10)14(15)18/h2-7,19H,8-9H2,1H3/b5-4-. The van der Waals surface area contributed by atoms with Gasteiger partial charge in [0, 0.05) is 17.5 Å². The molecule has 5 heteroatoms. The topological polar surface area (TPSA) is 80.7 Å². The van der Waals surface area contributed by atoms with Crippen LogP contribution in [-0.4, -0.2) is 35.4 Å². The fraction of sp³-hybridized carbons (Fsp3) is 0.267. The normalized spacial score (nSPS) is 16.5. The molecule has 0 saturated heterocycles. The number of benzene rings is 1. The highest BCUT2D eigenvalue weighted by atomic mass is 16.5. The first kappa shape index (κ1) is 14.1. The number of ether oxygens (including phenoxy) is 1. The molecule has 1 aliphatic carbocycles. The van der Waals surface area contributed by atoms with E-state index < -0.39 is 23.1 Å². The zero-order valence-electron chi connectivity index (χ0n) is 11.0. The summed E-state index contributed by atoms with van der Waals surface area (Å²) in [5.41, 5.74) is -1.58. The molecule has 0 heterocycles. The number of ketones is 2. The average molecular weight is 274 g/mol. The van der Waals surface area contributed by atoms with E-state index in [0.717, 1.165) is 0 Å². The minimum atomic E-state index is -2.06. The lowest BCUT2D eigenvalue weighted by molar-refractivity contribution is -0.139. The second kappa shape index (κ2) is 5.38. The zero-order valence-corrected chi connectivity index (χ0v) is 11.0. The van der Waals surface area contributed by atoms with Gasteiger partial charge in [-0.25, -0.2) is 0 Å². The zero-order chi connectivity index (χ0) is 14.8. The van der Waals surface area contributed by atoms with Crippen LogP contribution < -0.4 is 0 Å². The van der Waals surface area contributed by atoms with Crippen LogP contribution in [0.1, 0.15) is 33.6 Å². The lowest BCUT2D eigenvalue weighted by atomic mass is 9.93. The Bertz CT molecular complexity index is 565. The van der Waals surface area contributed by atoms with Crippen LogP contribution >= 0.6 is 0 Å². The van der Waals surface area contributed by atoms with E-state index >= 15 is 0 Å². The van der Waals surface area contributed by atoms with Gasteiger partial charge in [0.2, 0.25) is 11.6 Å². The summed E-state index contributed by atoms with van der Waals surface area (Å²) < 4.78 is 4.45. The first-order chi connectivity index (χ1) is 9.50. The van der Waals surface area contributed by atoms with Gasteiger partial charge in [0.15, 0.2) is 5.60 Å². The minimum Gasteiger partial charge on any atom is -0.469 e. The first-order valence-electron chi connectivity index (χ1n) is 6.13. The van der Waals surface area contributed by atoms with E-state index in [1.807, 2.05) is 0 Å². The van der Waals surface area contributed by atoms with Crippen molar-refractivity contribution < 1.29 is 24.2 Å². The van der Waals surface area contributed by atoms with Crippen molar-refractivity contribution in [3.8, 4) is 0 Å². The van der Waals surface area contributed by atoms with E-state index in [4.69, 9.17) is 0 Å². The molecular weight excluding hydrogens is 260 g/mol. The van der Waals surface area contributed by atoms with Crippen molar-refractivity contribution in [3.63, 3.8) is 0 Å². The number of fused-ring (bicyclic) bond motifs is 1. The van der Waals surface area contributed by atoms with E-state index in [1.165, 1.54) is 31.4 Å². The van der Waals surface area contributed by atoms with Crippen LogP contribution in [0.4, 0.5) is 0 Å². The van der Waals surface area contributed by atoms with Crippen molar-refractivity contribution in [2.24, 2.45) is 0 Å². The van der Waals surface area contributed by atoms with E-state index in [1.54, 1.807) is 12.1 Å². The summed E-state index contributed by atoms with van der Waals surface area (Å²) in [7, 11) is 1.27. The highest BCUT2D eigenvalue weighted by molar-refractivity contribution is 6.31. The fourth-order valence-corrected chi connectivity index (χ4v) is 2.13. The number of esters is 1. The van der Waals surface area contributed by atoms with Crippen LogP contribution in [0.5, 0.6) is 0 Å². The molecule has 1 aromatic carbocycles. The van der Waals surface area contributed by atoms with Crippen LogP contribution in [0.15, 0.2) is 36.4 Å². The molecular formula is C15H14O5. The first-order valence-corrected chi connectivity index (χ1v) is 6.13. The number of hydrogen-bond donors (Lipinski definition) is 1. The number of hydrogen-bond acceptors (Lipinski definition) is 5. The van der Waals surface area contributed by atoms with Gasteiger partial charge in [-0.3, -0.25) is 14.4 Å². The molecule has 0 radical (unpaired) electrons. The monoisotopic (exact) mass is 274 g/mol. The van der Waals surface area contributed by atoms with Crippen LogP contribution in [0.25, 0.3) is 0 Å². The average Bonchev–Trinajstić information content (AvgIpc) is 2.66. The molecule has 0 amide bonds. The molecule has 0 spiro atoms. The molecule has 104 valence electrons. The van der Waals surface area contributed by atoms with E-state index in [9.17, 15) is 19.5 Å². The molecule has 0 unspecified atom stereocenters. The number of carbonyl (C=O) groups is 3. The quantitative estimate of drug-likeness (QED) is 0.508.